The molecule has 0 amide bonds. The molecule has 3 heterocycles. The summed E-state index contributed by atoms with van der Waals surface area (Å²) < 4.78 is 1.88. The second-order valence-electron chi connectivity index (χ2n) is 6.10. The summed E-state index contributed by atoms with van der Waals surface area (Å²) in [5, 5.41) is 7.98. The summed E-state index contributed by atoms with van der Waals surface area (Å²) >= 11 is 0. The molecule has 0 atom stereocenters. The van der Waals surface area contributed by atoms with E-state index in [2.05, 4.69) is 52.2 Å². The van der Waals surface area contributed by atoms with Gasteiger partial charge in [-0.3, -0.25) is 0 Å². The van der Waals surface area contributed by atoms with E-state index in [1.54, 1.807) is 12.4 Å². The van der Waals surface area contributed by atoms with Gasteiger partial charge in [0.2, 0.25) is 0 Å². The third-order valence-corrected chi connectivity index (χ3v) is 3.37. The molecule has 0 fully saturated rings. The van der Waals surface area contributed by atoms with Crippen LogP contribution in [0.3, 0.4) is 0 Å². The standard InChI is InChI=1S/C15H20N6/c1-15(2,3)12-10-11-14(19-8-9-21(11)20-12)18-5-4-13-16-6-7-17-13/h6-10H,4-5H2,1-3H3,(H,16,17)(H,18,19). The van der Waals surface area contributed by atoms with Crippen molar-refractivity contribution >= 4 is 11.3 Å². The number of nitrogens with one attached hydrogen (secondary N) is 2. The minimum Gasteiger partial charge on any atom is -0.368 e. The molecule has 0 aliphatic rings. The number of rotatable bonds is 4. The highest BCUT2D eigenvalue weighted by Gasteiger charge is 2.18. The van der Waals surface area contributed by atoms with Crippen LogP contribution in [0.4, 0.5) is 5.82 Å². The molecule has 3 aromatic rings. The Hall–Kier alpha value is -2.37. The summed E-state index contributed by atoms with van der Waals surface area (Å²) in [7, 11) is 0. The summed E-state index contributed by atoms with van der Waals surface area (Å²) in [6.07, 6.45) is 8.07. The van der Waals surface area contributed by atoms with Crippen LogP contribution in [0.5, 0.6) is 0 Å². The molecule has 0 spiro atoms. The number of H-pyrrole nitrogens is 1. The van der Waals surface area contributed by atoms with Gasteiger partial charge in [-0.05, 0) is 6.07 Å². The van der Waals surface area contributed by atoms with Crippen LogP contribution >= 0.6 is 0 Å². The molecule has 0 aliphatic heterocycles. The highest BCUT2D eigenvalue weighted by Crippen LogP contribution is 2.24. The molecule has 2 N–H and O–H groups in total. The molecule has 0 bridgehead atoms. The number of aromatic amines is 1. The minimum atomic E-state index is 0.0253. The van der Waals surface area contributed by atoms with Crippen molar-refractivity contribution in [3.63, 3.8) is 0 Å². The highest BCUT2D eigenvalue weighted by molar-refractivity contribution is 5.68. The van der Waals surface area contributed by atoms with Crippen molar-refractivity contribution in [2.24, 2.45) is 0 Å². The fourth-order valence-electron chi connectivity index (χ4n) is 2.16. The summed E-state index contributed by atoms with van der Waals surface area (Å²) in [5.74, 6) is 1.82. The summed E-state index contributed by atoms with van der Waals surface area (Å²) in [6, 6.07) is 2.10. The van der Waals surface area contributed by atoms with Crippen molar-refractivity contribution < 1.29 is 0 Å². The molecule has 6 nitrogen and oxygen atoms in total. The Morgan fingerprint density at radius 2 is 2.10 bits per heavy atom. The van der Waals surface area contributed by atoms with Gasteiger partial charge in [0.25, 0.3) is 0 Å². The van der Waals surface area contributed by atoms with Crippen molar-refractivity contribution in [3.8, 4) is 0 Å². The van der Waals surface area contributed by atoms with Crippen molar-refractivity contribution in [3.05, 3.63) is 42.4 Å². The van der Waals surface area contributed by atoms with Crippen LogP contribution in [0.1, 0.15) is 32.3 Å². The Morgan fingerprint density at radius 1 is 1.24 bits per heavy atom. The van der Waals surface area contributed by atoms with Crippen molar-refractivity contribution in [2.75, 3.05) is 11.9 Å². The predicted molar refractivity (Wildman–Crippen MR) is 82.5 cm³/mol. The second kappa shape index (κ2) is 5.20. The monoisotopic (exact) mass is 284 g/mol. The lowest BCUT2D eigenvalue weighted by atomic mass is 9.92. The maximum Gasteiger partial charge on any atom is 0.152 e. The zero-order valence-corrected chi connectivity index (χ0v) is 12.6. The number of anilines is 1. The summed E-state index contributed by atoms with van der Waals surface area (Å²) in [4.78, 5) is 11.7. The Labute approximate surface area is 123 Å². The van der Waals surface area contributed by atoms with Gasteiger partial charge in [0.15, 0.2) is 5.82 Å². The van der Waals surface area contributed by atoms with Gasteiger partial charge < -0.3 is 10.3 Å². The van der Waals surface area contributed by atoms with Crippen LogP contribution in [0.25, 0.3) is 5.52 Å². The molecule has 0 unspecified atom stereocenters. The van der Waals surface area contributed by atoms with Gasteiger partial charge in [0.1, 0.15) is 11.3 Å². The highest BCUT2D eigenvalue weighted by atomic mass is 15.2. The fraction of sp³-hybridized carbons (Fsp3) is 0.400. The maximum atomic E-state index is 4.62. The quantitative estimate of drug-likeness (QED) is 0.772. The van der Waals surface area contributed by atoms with Crippen molar-refractivity contribution in [1.82, 2.24) is 24.6 Å². The van der Waals surface area contributed by atoms with Gasteiger partial charge in [-0.1, -0.05) is 20.8 Å². The van der Waals surface area contributed by atoms with Gasteiger partial charge in [-0.15, -0.1) is 0 Å². The second-order valence-corrected chi connectivity index (χ2v) is 6.10. The van der Waals surface area contributed by atoms with Crippen LogP contribution in [-0.2, 0) is 11.8 Å². The van der Waals surface area contributed by atoms with Crippen LogP contribution in [0, 0.1) is 0 Å². The van der Waals surface area contributed by atoms with Gasteiger partial charge in [0, 0.05) is 43.2 Å². The lowest BCUT2D eigenvalue weighted by Gasteiger charge is -2.13. The van der Waals surface area contributed by atoms with Crippen LogP contribution in [0.2, 0.25) is 0 Å². The number of nitrogens with zero attached hydrogens (tertiary/aromatic N) is 4. The maximum absolute atomic E-state index is 4.62. The van der Waals surface area contributed by atoms with E-state index in [1.807, 2.05) is 16.9 Å². The smallest absolute Gasteiger partial charge is 0.152 e. The van der Waals surface area contributed by atoms with E-state index < -0.39 is 0 Å². The topological polar surface area (TPSA) is 70.9 Å². The molecule has 0 aliphatic carbocycles. The van der Waals surface area contributed by atoms with E-state index in [-0.39, 0.29) is 5.41 Å². The Kier molecular flexibility index (Phi) is 3.37. The van der Waals surface area contributed by atoms with Gasteiger partial charge in [-0.2, -0.15) is 5.10 Å². The fourth-order valence-corrected chi connectivity index (χ4v) is 2.16. The van der Waals surface area contributed by atoms with E-state index in [9.17, 15) is 0 Å². The first-order valence-electron chi connectivity index (χ1n) is 7.11. The van der Waals surface area contributed by atoms with Crippen LogP contribution < -0.4 is 5.32 Å². The third kappa shape index (κ3) is 2.89. The largest absolute Gasteiger partial charge is 0.368 e. The first-order chi connectivity index (χ1) is 10.0. The lowest BCUT2D eigenvalue weighted by molar-refractivity contribution is 0.562. The Bertz CT molecular complexity index is 720. The lowest BCUT2D eigenvalue weighted by Crippen LogP contribution is -2.11. The molecule has 0 aromatic carbocycles. The average molecular weight is 284 g/mol. The first kappa shape index (κ1) is 13.6. The number of imidazole rings is 1. The van der Waals surface area contributed by atoms with Crippen molar-refractivity contribution in [1.29, 1.82) is 0 Å². The zero-order valence-electron chi connectivity index (χ0n) is 12.6. The Morgan fingerprint density at radius 3 is 2.81 bits per heavy atom. The molecule has 21 heavy (non-hydrogen) atoms. The van der Waals surface area contributed by atoms with Crippen molar-refractivity contribution in [2.45, 2.75) is 32.6 Å². The third-order valence-electron chi connectivity index (χ3n) is 3.37. The number of hydrogen-bond donors (Lipinski definition) is 2. The number of aromatic nitrogens is 5. The molecule has 0 saturated carbocycles. The van der Waals surface area contributed by atoms with Gasteiger partial charge >= 0.3 is 0 Å². The SMILES string of the molecule is CC(C)(C)c1cc2c(NCCc3ncc[nH]3)nccn2n1. The normalized spacial score (nSPS) is 12.0. The predicted octanol–water partition coefficient (Wildman–Crippen LogP) is 2.40. The molecular formula is C15H20N6. The van der Waals surface area contributed by atoms with Crippen LogP contribution in [-0.4, -0.2) is 31.1 Å². The summed E-state index contributed by atoms with van der Waals surface area (Å²) in [6.45, 7) is 7.25. The van der Waals surface area contributed by atoms with Gasteiger partial charge in [0.05, 0.1) is 5.69 Å². The zero-order chi connectivity index (χ0) is 14.9. The van der Waals surface area contributed by atoms with E-state index in [0.29, 0.717) is 0 Å². The number of hydrogen-bond acceptors (Lipinski definition) is 4. The molecule has 0 saturated heterocycles. The minimum absolute atomic E-state index is 0.0253. The van der Waals surface area contributed by atoms with Gasteiger partial charge in [-0.25, -0.2) is 14.5 Å². The molecule has 3 aromatic heterocycles. The van der Waals surface area contributed by atoms with E-state index in [0.717, 1.165) is 35.8 Å². The molecule has 6 heteroatoms. The Balaban J connectivity index is 1.80. The molecule has 0 radical (unpaired) electrons. The summed E-state index contributed by atoms with van der Waals surface area (Å²) in [5.41, 5.74) is 2.09. The average Bonchev–Trinajstić information content (AvgIpc) is 3.06. The molecule has 3 rings (SSSR count). The molecular weight excluding hydrogens is 264 g/mol. The first-order valence-corrected chi connectivity index (χ1v) is 7.11. The van der Waals surface area contributed by atoms with E-state index in [4.69, 9.17) is 0 Å². The van der Waals surface area contributed by atoms with E-state index >= 15 is 0 Å². The van der Waals surface area contributed by atoms with E-state index in [1.165, 1.54) is 0 Å². The van der Waals surface area contributed by atoms with Crippen LogP contribution in [0.15, 0.2) is 30.9 Å². The number of fused-ring (bicyclic) bond motifs is 1. The molecule has 110 valence electrons.